The number of primary amides is 1. The molecule has 1 aliphatic heterocycles. The summed E-state index contributed by atoms with van der Waals surface area (Å²) < 4.78 is 5.76. The summed E-state index contributed by atoms with van der Waals surface area (Å²) in [5, 5.41) is 0. The zero-order valence-electron chi connectivity index (χ0n) is 15.2. The van der Waals surface area contributed by atoms with Gasteiger partial charge in [0, 0.05) is 19.2 Å². The van der Waals surface area contributed by atoms with Crippen molar-refractivity contribution in [3.8, 4) is 5.75 Å². The second-order valence-corrected chi connectivity index (χ2v) is 6.70. The molecule has 27 heavy (non-hydrogen) atoms. The Morgan fingerprint density at radius 2 is 1.85 bits per heavy atom. The van der Waals surface area contributed by atoms with Gasteiger partial charge in [0.15, 0.2) is 0 Å². The SMILES string of the molecule is NC(=O)C1CCCN(C(=O)/C=C/c2ccc(OCc3ccccc3)cc2)C1. The molecule has 2 aromatic carbocycles. The van der Waals surface area contributed by atoms with E-state index in [1.54, 1.807) is 17.1 Å². The lowest BCUT2D eigenvalue weighted by Gasteiger charge is -2.30. The summed E-state index contributed by atoms with van der Waals surface area (Å²) in [4.78, 5) is 25.3. The molecular weight excluding hydrogens is 340 g/mol. The van der Waals surface area contributed by atoms with Crippen LogP contribution in [-0.2, 0) is 16.2 Å². The molecule has 0 aliphatic carbocycles. The summed E-state index contributed by atoms with van der Waals surface area (Å²) in [6.07, 6.45) is 4.88. The monoisotopic (exact) mass is 364 g/mol. The third kappa shape index (κ3) is 5.45. The third-order valence-electron chi connectivity index (χ3n) is 4.68. The Kier molecular flexibility index (Phi) is 6.26. The molecule has 0 spiro atoms. The number of hydrogen-bond acceptors (Lipinski definition) is 3. The first kappa shape index (κ1) is 18.7. The molecule has 1 aliphatic rings. The largest absolute Gasteiger partial charge is 0.489 e. The van der Waals surface area contributed by atoms with Gasteiger partial charge >= 0.3 is 0 Å². The predicted octanol–water partition coefficient (Wildman–Crippen LogP) is 3.00. The number of rotatable bonds is 6. The number of nitrogens with two attached hydrogens (primary N) is 1. The van der Waals surface area contributed by atoms with Crippen molar-refractivity contribution in [2.75, 3.05) is 13.1 Å². The van der Waals surface area contributed by atoms with E-state index >= 15 is 0 Å². The van der Waals surface area contributed by atoms with Crippen LogP contribution in [0.3, 0.4) is 0 Å². The van der Waals surface area contributed by atoms with Gasteiger partial charge < -0.3 is 15.4 Å². The molecule has 5 nitrogen and oxygen atoms in total. The van der Waals surface area contributed by atoms with E-state index in [1.807, 2.05) is 54.6 Å². The van der Waals surface area contributed by atoms with Crippen LogP contribution >= 0.6 is 0 Å². The minimum atomic E-state index is -0.331. The van der Waals surface area contributed by atoms with Gasteiger partial charge in [0.1, 0.15) is 12.4 Å². The summed E-state index contributed by atoms with van der Waals surface area (Å²) in [5.41, 5.74) is 7.39. The molecular formula is C22H24N2O3. The molecule has 2 aromatic rings. The second-order valence-electron chi connectivity index (χ2n) is 6.70. The van der Waals surface area contributed by atoms with Gasteiger partial charge in [-0.15, -0.1) is 0 Å². The van der Waals surface area contributed by atoms with Crippen LogP contribution in [0.25, 0.3) is 6.08 Å². The molecule has 1 heterocycles. The molecule has 1 saturated heterocycles. The fraction of sp³-hybridized carbons (Fsp3) is 0.273. The molecule has 1 fully saturated rings. The number of carbonyl (C=O) groups excluding carboxylic acids is 2. The second kappa shape index (κ2) is 9.03. The van der Waals surface area contributed by atoms with Crippen molar-refractivity contribution >= 4 is 17.9 Å². The molecule has 0 bridgehead atoms. The lowest BCUT2D eigenvalue weighted by atomic mass is 9.97. The van der Waals surface area contributed by atoms with Gasteiger partial charge in [-0.2, -0.15) is 0 Å². The van der Waals surface area contributed by atoms with E-state index in [1.165, 1.54) is 0 Å². The maximum absolute atomic E-state index is 12.3. The van der Waals surface area contributed by atoms with Gasteiger partial charge in [-0.05, 0) is 42.2 Å². The molecule has 5 heteroatoms. The van der Waals surface area contributed by atoms with E-state index in [9.17, 15) is 9.59 Å². The van der Waals surface area contributed by atoms with Crippen LogP contribution in [0.5, 0.6) is 5.75 Å². The van der Waals surface area contributed by atoms with Crippen molar-refractivity contribution in [2.24, 2.45) is 11.7 Å². The van der Waals surface area contributed by atoms with Crippen LogP contribution in [0.15, 0.2) is 60.7 Å². The number of hydrogen-bond donors (Lipinski definition) is 1. The number of benzene rings is 2. The number of piperidine rings is 1. The molecule has 1 atom stereocenters. The molecule has 3 rings (SSSR count). The maximum Gasteiger partial charge on any atom is 0.246 e. The highest BCUT2D eigenvalue weighted by molar-refractivity contribution is 5.92. The smallest absolute Gasteiger partial charge is 0.246 e. The van der Waals surface area contributed by atoms with Crippen molar-refractivity contribution < 1.29 is 14.3 Å². The highest BCUT2D eigenvalue weighted by atomic mass is 16.5. The van der Waals surface area contributed by atoms with Crippen LogP contribution < -0.4 is 10.5 Å². The quantitative estimate of drug-likeness (QED) is 0.801. The first-order valence-electron chi connectivity index (χ1n) is 9.15. The zero-order valence-corrected chi connectivity index (χ0v) is 15.2. The van der Waals surface area contributed by atoms with E-state index in [0.29, 0.717) is 19.7 Å². The molecule has 1 unspecified atom stereocenters. The number of nitrogens with zero attached hydrogens (tertiary/aromatic N) is 1. The Morgan fingerprint density at radius 1 is 1.11 bits per heavy atom. The van der Waals surface area contributed by atoms with Crippen LogP contribution in [0.1, 0.15) is 24.0 Å². The standard InChI is InChI=1S/C22H24N2O3/c23-22(26)19-7-4-14-24(15-19)21(25)13-10-17-8-11-20(12-9-17)27-16-18-5-2-1-3-6-18/h1-3,5-6,8-13,19H,4,7,14-16H2,(H2,23,26)/b13-10+. The van der Waals surface area contributed by atoms with E-state index in [2.05, 4.69) is 0 Å². The number of amides is 2. The topological polar surface area (TPSA) is 72.6 Å². The zero-order chi connectivity index (χ0) is 19.1. The first-order valence-corrected chi connectivity index (χ1v) is 9.15. The Hall–Kier alpha value is -3.08. The van der Waals surface area contributed by atoms with Crippen LogP contribution in [0.2, 0.25) is 0 Å². The first-order chi connectivity index (χ1) is 13.1. The number of likely N-dealkylation sites (tertiary alicyclic amines) is 1. The van der Waals surface area contributed by atoms with Gasteiger partial charge in [-0.3, -0.25) is 9.59 Å². The van der Waals surface area contributed by atoms with Crippen molar-refractivity contribution in [1.82, 2.24) is 4.90 Å². The minimum Gasteiger partial charge on any atom is -0.489 e. The summed E-state index contributed by atoms with van der Waals surface area (Å²) in [7, 11) is 0. The predicted molar refractivity (Wildman–Crippen MR) is 105 cm³/mol. The Balaban J connectivity index is 1.52. The minimum absolute atomic E-state index is 0.0923. The van der Waals surface area contributed by atoms with E-state index < -0.39 is 0 Å². The van der Waals surface area contributed by atoms with E-state index in [-0.39, 0.29) is 17.7 Å². The van der Waals surface area contributed by atoms with Gasteiger partial charge in [0.25, 0.3) is 0 Å². The fourth-order valence-electron chi connectivity index (χ4n) is 3.10. The number of ether oxygens (including phenoxy) is 1. The van der Waals surface area contributed by atoms with Gasteiger partial charge in [-0.1, -0.05) is 42.5 Å². The Labute approximate surface area is 159 Å². The number of carbonyl (C=O) groups is 2. The van der Waals surface area contributed by atoms with Crippen LogP contribution in [0.4, 0.5) is 0 Å². The van der Waals surface area contributed by atoms with Gasteiger partial charge in [0.2, 0.25) is 11.8 Å². The van der Waals surface area contributed by atoms with Gasteiger partial charge in [-0.25, -0.2) is 0 Å². The van der Waals surface area contributed by atoms with Gasteiger partial charge in [0.05, 0.1) is 5.92 Å². The highest BCUT2D eigenvalue weighted by Gasteiger charge is 2.25. The van der Waals surface area contributed by atoms with Crippen LogP contribution in [0, 0.1) is 5.92 Å². The molecule has 2 N–H and O–H groups in total. The average Bonchev–Trinajstić information content (AvgIpc) is 2.72. The van der Waals surface area contributed by atoms with E-state index in [4.69, 9.17) is 10.5 Å². The Morgan fingerprint density at radius 3 is 2.56 bits per heavy atom. The van der Waals surface area contributed by atoms with Crippen molar-refractivity contribution in [1.29, 1.82) is 0 Å². The maximum atomic E-state index is 12.3. The van der Waals surface area contributed by atoms with Crippen molar-refractivity contribution in [3.63, 3.8) is 0 Å². The molecule has 0 aromatic heterocycles. The van der Waals surface area contributed by atoms with E-state index in [0.717, 1.165) is 29.7 Å². The lowest BCUT2D eigenvalue weighted by Crippen LogP contribution is -2.43. The molecule has 2 amide bonds. The highest BCUT2D eigenvalue weighted by Crippen LogP contribution is 2.18. The van der Waals surface area contributed by atoms with Crippen molar-refractivity contribution in [3.05, 3.63) is 71.8 Å². The van der Waals surface area contributed by atoms with Crippen LogP contribution in [-0.4, -0.2) is 29.8 Å². The normalized spacial score (nSPS) is 17.0. The Bertz CT molecular complexity index is 800. The summed E-state index contributed by atoms with van der Waals surface area (Å²) in [5.74, 6) is 0.118. The average molecular weight is 364 g/mol. The molecule has 0 saturated carbocycles. The summed E-state index contributed by atoms with van der Waals surface area (Å²) in [6, 6.07) is 17.6. The third-order valence-corrected chi connectivity index (χ3v) is 4.68. The summed E-state index contributed by atoms with van der Waals surface area (Å²) in [6.45, 7) is 1.59. The molecule has 0 radical (unpaired) electrons. The van der Waals surface area contributed by atoms with Crippen molar-refractivity contribution in [2.45, 2.75) is 19.4 Å². The lowest BCUT2D eigenvalue weighted by molar-refractivity contribution is -0.130. The summed E-state index contributed by atoms with van der Waals surface area (Å²) >= 11 is 0. The fourth-order valence-corrected chi connectivity index (χ4v) is 3.10. The molecule has 140 valence electrons.